The van der Waals surface area contributed by atoms with Crippen LogP contribution in [-0.2, 0) is 11.3 Å². The van der Waals surface area contributed by atoms with E-state index in [-0.39, 0.29) is 12.7 Å². The van der Waals surface area contributed by atoms with Crippen molar-refractivity contribution in [3.8, 4) is 5.75 Å². The number of alkyl halides is 1. The van der Waals surface area contributed by atoms with Gasteiger partial charge in [0.05, 0.1) is 12.7 Å². The highest BCUT2D eigenvalue weighted by molar-refractivity contribution is 5.31. The minimum Gasteiger partial charge on any atom is -0.457 e. The maximum absolute atomic E-state index is 13.8. The van der Waals surface area contributed by atoms with Gasteiger partial charge in [0.25, 0.3) is 0 Å². The average molecular weight is 399 g/mol. The van der Waals surface area contributed by atoms with Crippen LogP contribution in [0.3, 0.4) is 0 Å². The molecule has 2 aliphatic rings. The van der Waals surface area contributed by atoms with Crippen molar-refractivity contribution in [3.63, 3.8) is 0 Å². The van der Waals surface area contributed by atoms with Crippen LogP contribution in [0.1, 0.15) is 76.7 Å². The SMILES string of the molecule is CCCC1CCC(C2CCC(OCc3cc(F)c(OCF)c(F)c3)CC2)CC1. The quantitative estimate of drug-likeness (QED) is 0.471. The number of halogens is 3. The van der Waals surface area contributed by atoms with Gasteiger partial charge in [-0.05, 0) is 74.0 Å². The van der Waals surface area contributed by atoms with E-state index >= 15 is 0 Å². The molecule has 0 bridgehead atoms. The summed E-state index contributed by atoms with van der Waals surface area (Å²) in [6.45, 7) is 1.19. The molecule has 158 valence electrons. The summed E-state index contributed by atoms with van der Waals surface area (Å²) in [7, 11) is 0. The van der Waals surface area contributed by atoms with Gasteiger partial charge in [-0.2, -0.15) is 0 Å². The zero-order valence-corrected chi connectivity index (χ0v) is 16.9. The Kier molecular flexibility index (Phi) is 8.07. The van der Waals surface area contributed by atoms with E-state index in [1.54, 1.807) is 0 Å². The first kappa shape index (κ1) is 21.5. The van der Waals surface area contributed by atoms with Gasteiger partial charge in [-0.3, -0.25) is 0 Å². The third-order valence-corrected chi connectivity index (χ3v) is 6.72. The molecule has 0 spiro atoms. The van der Waals surface area contributed by atoms with Crippen molar-refractivity contribution in [1.29, 1.82) is 0 Å². The monoisotopic (exact) mass is 398 g/mol. The van der Waals surface area contributed by atoms with E-state index in [2.05, 4.69) is 11.7 Å². The van der Waals surface area contributed by atoms with Crippen LogP contribution in [-0.4, -0.2) is 13.0 Å². The summed E-state index contributed by atoms with van der Waals surface area (Å²) in [5.74, 6) is 0.191. The maximum atomic E-state index is 13.8. The summed E-state index contributed by atoms with van der Waals surface area (Å²) >= 11 is 0. The van der Waals surface area contributed by atoms with Gasteiger partial charge in [-0.25, -0.2) is 13.2 Å². The zero-order valence-electron chi connectivity index (χ0n) is 16.9. The molecule has 2 saturated carbocycles. The number of hydrogen-bond acceptors (Lipinski definition) is 2. The summed E-state index contributed by atoms with van der Waals surface area (Å²) in [6, 6.07) is 2.32. The van der Waals surface area contributed by atoms with Crippen LogP contribution in [0, 0.1) is 29.4 Å². The number of rotatable bonds is 8. The fraction of sp³-hybridized carbons (Fsp3) is 0.739. The van der Waals surface area contributed by atoms with E-state index in [0.29, 0.717) is 5.56 Å². The second-order valence-electron chi connectivity index (χ2n) is 8.56. The predicted molar refractivity (Wildman–Crippen MR) is 104 cm³/mol. The van der Waals surface area contributed by atoms with Crippen molar-refractivity contribution in [3.05, 3.63) is 29.3 Å². The highest BCUT2D eigenvalue weighted by atomic mass is 19.1. The Labute approximate surface area is 166 Å². The molecule has 0 amide bonds. The minimum absolute atomic E-state index is 0.153. The standard InChI is InChI=1S/C23H33F3O2/c1-2-3-16-4-6-18(7-5-16)19-8-10-20(11-9-19)27-14-17-12-21(25)23(28-15-24)22(26)13-17/h12-13,16,18-20H,2-11,14-15H2,1H3. The number of benzene rings is 1. The van der Waals surface area contributed by atoms with Gasteiger partial charge in [0, 0.05) is 0 Å². The predicted octanol–water partition coefficient (Wildman–Crippen LogP) is 6.95. The third kappa shape index (κ3) is 5.65. The summed E-state index contributed by atoms with van der Waals surface area (Å²) in [6.07, 6.45) is 12.8. The van der Waals surface area contributed by atoms with Gasteiger partial charge < -0.3 is 9.47 Å². The molecule has 5 heteroatoms. The Morgan fingerprint density at radius 3 is 2.00 bits per heavy atom. The van der Waals surface area contributed by atoms with Crippen molar-refractivity contribution in [1.82, 2.24) is 0 Å². The molecule has 1 aromatic rings. The van der Waals surface area contributed by atoms with E-state index in [0.717, 1.165) is 42.7 Å². The summed E-state index contributed by atoms with van der Waals surface area (Å²) < 4.78 is 50.1. The molecular formula is C23H33F3O2. The van der Waals surface area contributed by atoms with Crippen LogP contribution in [0.5, 0.6) is 5.75 Å². The second-order valence-corrected chi connectivity index (χ2v) is 8.56. The number of hydrogen-bond donors (Lipinski definition) is 0. The van der Waals surface area contributed by atoms with Gasteiger partial charge in [0.15, 0.2) is 17.4 Å². The molecule has 1 aromatic carbocycles. The Morgan fingerprint density at radius 2 is 1.46 bits per heavy atom. The molecule has 0 unspecified atom stereocenters. The summed E-state index contributed by atoms with van der Waals surface area (Å²) in [4.78, 5) is 0. The smallest absolute Gasteiger partial charge is 0.228 e. The van der Waals surface area contributed by atoms with Gasteiger partial charge in [-0.1, -0.05) is 32.6 Å². The lowest BCUT2D eigenvalue weighted by Gasteiger charge is -2.37. The Hall–Kier alpha value is -1.23. The Morgan fingerprint density at radius 1 is 0.893 bits per heavy atom. The number of ether oxygens (including phenoxy) is 2. The van der Waals surface area contributed by atoms with E-state index in [4.69, 9.17) is 4.74 Å². The first-order valence-electron chi connectivity index (χ1n) is 10.9. The van der Waals surface area contributed by atoms with Gasteiger partial charge in [0.1, 0.15) is 0 Å². The van der Waals surface area contributed by atoms with Crippen LogP contribution < -0.4 is 4.74 Å². The minimum atomic E-state index is -1.26. The van der Waals surface area contributed by atoms with Crippen molar-refractivity contribution in [2.45, 2.75) is 83.8 Å². The molecule has 2 aliphatic carbocycles. The summed E-state index contributed by atoms with van der Waals surface area (Å²) in [5, 5.41) is 0. The first-order chi connectivity index (χ1) is 13.6. The van der Waals surface area contributed by atoms with Crippen molar-refractivity contribution in [2.75, 3.05) is 6.86 Å². The lowest BCUT2D eigenvalue weighted by Crippen LogP contribution is -2.28. The Balaban J connectivity index is 1.41. The van der Waals surface area contributed by atoms with Gasteiger partial charge in [-0.15, -0.1) is 0 Å². The molecule has 3 rings (SSSR count). The van der Waals surface area contributed by atoms with Crippen LogP contribution in [0.25, 0.3) is 0 Å². The normalized spacial score (nSPS) is 28.3. The van der Waals surface area contributed by atoms with Gasteiger partial charge in [0.2, 0.25) is 6.86 Å². The van der Waals surface area contributed by atoms with Crippen LogP contribution in [0.15, 0.2) is 12.1 Å². The maximum Gasteiger partial charge on any atom is 0.228 e. The molecule has 2 nitrogen and oxygen atoms in total. The fourth-order valence-corrected chi connectivity index (χ4v) is 5.19. The molecule has 0 saturated heterocycles. The molecule has 0 radical (unpaired) electrons. The molecule has 0 aromatic heterocycles. The van der Waals surface area contributed by atoms with E-state index in [1.165, 1.54) is 51.4 Å². The summed E-state index contributed by atoms with van der Waals surface area (Å²) in [5.41, 5.74) is 0.414. The molecule has 0 heterocycles. The van der Waals surface area contributed by atoms with Crippen molar-refractivity contribution >= 4 is 0 Å². The molecule has 0 atom stereocenters. The highest BCUT2D eigenvalue weighted by Gasteiger charge is 2.31. The zero-order chi connectivity index (χ0) is 19.9. The average Bonchev–Trinajstić information content (AvgIpc) is 2.70. The van der Waals surface area contributed by atoms with E-state index < -0.39 is 24.2 Å². The van der Waals surface area contributed by atoms with Crippen LogP contribution in [0.4, 0.5) is 13.2 Å². The molecule has 0 aliphatic heterocycles. The second kappa shape index (κ2) is 10.5. The Bertz CT molecular complexity index is 583. The largest absolute Gasteiger partial charge is 0.457 e. The molecule has 0 N–H and O–H groups in total. The molecule has 2 fully saturated rings. The fourth-order valence-electron chi connectivity index (χ4n) is 5.19. The van der Waals surface area contributed by atoms with E-state index in [1.807, 2.05) is 0 Å². The van der Waals surface area contributed by atoms with Crippen LogP contribution in [0.2, 0.25) is 0 Å². The van der Waals surface area contributed by atoms with Gasteiger partial charge >= 0.3 is 0 Å². The lowest BCUT2D eigenvalue weighted by atomic mass is 9.70. The molecular weight excluding hydrogens is 365 g/mol. The highest BCUT2D eigenvalue weighted by Crippen LogP contribution is 2.41. The van der Waals surface area contributed by atoms with Crippen LogP contribution >= 0.6 is 0 Å². The molecule has 28 heavy (non-hydrogen) atoms. The first-order valence-corrected chi connectivity index (χ1v) is 10.9. The third-order valence-electron chi connectivity index (χ3n) is 6.72. The van der Waals surface area contributed by atoms with Crippen molar-refractivity contribution < 1.29 is 22.6 Å². The van der Waals surface area contributed by atoms with Crippen molar-refractivity contribution in [2.24, 2.45) is 17.8 Å². The topological polar surface area (TPSA) is 18.5 Å². The lowest BCUT2D eigenvalue weighted by molar-refractivity contribution is -0.00305. The van der Waals surface area contributed by atoms with E-state index in [9.17, 15) is 13.2 Å².